The summed E-state index contributed by atoms with van der Waals surface area (Å²) in [7, 11) is 0. The fraction of sp³-hybridized carbons (Fsp3) is 0.0909. The summed E-state index contributed by atoms with van der Waals surface area (Å²) in [6.45, 7) is 2.20. The molecule has 0 saturated carbocycles. The van der Waals surface area contributed by atoms with E-state index in [1.807, 2.05) is 37.3 Å². The Bertz CT molecular complexity index is 1150. The Morgan fingerprint density at radius 3 is 2.72 bits per heavy atom. The first-order valence-corrected chi connectivity index (χ1v) is 10.8. The third-order valence-corrected chi connectivity index (χ3v) is 6.19. The summed E-state index contributed by atoms with van der Waals surface area (Å²) < 4.78 is 6.82. The first-order chi connectivity index (χ1) is 13.9. The summed E-state index contributed by atoms with van der Waals surface area (Å²) >= 11 is 10.4. The predicted octanol–water partition coefficient (Wildman–Crippen LogP) is 6.91. The molecule has 0 bridgehead atoms. The molecule has 4 rings (SSSR count). The summed E-state index contributed by atoms with van der Waals surface area (Å²) in [5.41, 5.74) is 2.86. The molecule has 3 aromatic rings. The molecule has 2 aromatic carbocycles. The van der Waals surface area contributed by atoms with Gasteiger partial charge >= 0.3 is 0 Å². The molecule has 29 heavy (non-hydrogen) atoms. The lowest BCUT2D eigenvalue weighted by Crippen LogP contribution is -2.27. The van der Waals surface area contributed by atoms with Crippen LogP contribution in [0.2, 0.25) is 5.02 Å². The molecule has 4 nitrogen and oxygen atoms in total. The average molecular weight is 489 g/mol. The molecule has 146 valence electrons. The first kappa shape index (κ1) is 20.0. The minimum Gasteiger partial charge on any atom is -0.457 e. The van der Waals surface area contributed by atoms with Crippen LogP contribution in [0.3, 0.4) is 0 Å². The molecule has 0 spiro atoms. The number of thioether (sulfide) groups is 1. The molecule has 1 aliphatic heterocycles. The highest BCUT2D eigenvalue weighted by molar-refractivity contribution is 9.10. The average Bonchev–Trinajstić information content (AvgIpc) is 3.22. The van der Waals surface area contributed by atoms with Crippen molar-refractivity contribution in [2.45, 2.75) is 13.5 Å². The van der Waals surface area contributed by atoms with Gasteiger partial charge in [-0.1, -0.05) is 45.7 Å². The third-order valence-electron chi connectivity index (χ3n) is 4.39. The van der Waals surface area contributed by atoms with Gasteiger partial charge in [0.15, 0.2) is 0 Å². The van der Waals surface area contributed by atoms with Crippen molar-refractivity contribution in [3.05, 3.63) is 85.9 Å². The topological polar surface area (TPSA) is 50.5 Å². The second-order valence-electron chi connectivity index (χ2n) is 6.58. The summed E-state index contributed by atoms with van der Waals surface area (Å²) in [6.07, 6.45) is 1.61. The van der Waals surface area contributed by atoms with E-state index in [1.165, 1.54) is 4.90 Å². The van der Waals surface area contributed by atoms with Gasteiger partial charge in [-0.05, 0) is 66.2 Å². The fourth-order valence-electron chi connectivity index (χ4n) is 2.98. The minimum absolute atomic E-state index is 0.183. The number of nitrogens with zero attached hydrogens (tertiary/aromatic N) is 1. The largest absolute Gasteiger partial charge is 0.457 e. The molecule has 0 N–H and O–H groups in total. The van der Waals surface area contributed by atoms with Gasteiger partial charge in [-0.3, -0.25) is 14.5 Å². The van der Waals surface area contributed by atoms with Crippen LogP contribution in [-0.2, 0) is 11.3 Å². The van der Waals surface area contributed by atoms with Crippen molar-refractivity contribution >= 4 is 56.5 Å². The highest BCUT2D eigenvalue weighted by Crippen LogP contribution is 2.35. The van der Waals surface area contributed by atoms with Gasteiger partial charge in [0.2, 0.25) is 0 Å². The lowest BCUT2D eigenvalue weighted by Gasteiger charge is -2.12. The Balaban J connectivity index is 1.55. The van der Waals surface area contributed by atoms with Crippen LogP contribution in [0.5, 0.6) is 0 Å². The zero-order chi connectivity index (χ0) is 20.5. The van der Waals surface area contributed by atoms with Crippen LogP contribution >= 0.6 is 39.3 Å². The number of amides is 2. The molecule has 0 aliphatic carbocycles. The number of carbonyl (C=O) groups excluding carboxylic acids is 2. The molecule has 1 aliphatic rings. The summed E-state index contributed by atoms with van der Waals surface area (Å²) in [6, 6.07) is 16.7. The summed E-state index contributed by atoms with van der Waals surface area (Å²) in [4.78, 5) is 26.6. The minimum atomic E-state index is -0.338. The van der Waals surface area contributed by atoms with Crippen molar-refractivity contribution < 1.29 is 14.0 Å². The standard InChI is InChI=1S/C22H15BrClNO3S/c1-13-5-7-17(18(23)9-13)19-8-6-16(28-19)11-20-21(26)25(22(27)29-20)12-14-3-2-4-15(24)10-14/h2-11H,12H2,1H3/b20-11-. The second-order valence-corrected chi connectivity index (χ2v) is 8.87. The van der Waals surface area contributed by atoms with Gasteiger partial charge in [0.25, 0.3) is 11.1 Å². The fourth-order valence-corrected chi connectivity index (χ4v) is 4.70. The number of aryl methyl sites for hydroxylation is 1. The number of furan rings is 1. The highest BCUT2D eigenvalue weighted by atomic mass is 79.9. The number of hydrogen-bond acceptors (Lipinski definition) is 4. The lowest BCUT2D eigenvalue weighted by molar-refractivity contribution is -0.123. The van der Waals surface area contributed by atoms with Crippen molar-refractivity contribution in [2.24, 2.45) is 0 Å². The monoisotopic (exact) mass is 487 g/mol. The van der Waals surface area contributed by atoms with E-state index in [0.717, 1.165) is 32.9 Å². The smallest absolute Gasteiger partial charge is 0.293 e. The maximum absolute atomic E-state index is 12.7. The molecule has 1 aromatic heterocycles. The molecule has 7 heteroatoms. The lowest BCUT2D eigenvalue weighted by atomic mass is 10.1. The molecular weight excluding hydrogens is 474 g/mol. The number of halogens is 2. The van der Waals surface area contributed by atoms with Crippen LogP contribution in [0.15, 0.2) is 68.4 Å². The van der Waals surface area contributed by atoms with Crippen molar-refractivity contribution in [2.75, 3.05) is 0 Å². The normalized spacial score (nSPS) is 15.6. The van der Waals surface area contributed by atoms with Crippen molar-refractivity contribution in [3.8, 4) is 11.3 Å². The Morgan fingerprint density at radius 2 is 1.97 bits per heavy atom. The van der Waals surface area contributed by atoms with Gasteiger partial charge in [-0.2, -0.15) is 0 Å². The summed E-state index contributed by atoms with van der Waals surface area (Å²) in [5.74, 6) is 0.858. The van der Waals surface area contributed by atoms with E-state index in [1.54, 1.807) is 30.3 Å². The Kier molecular flexibility index (Phi) is 5.67. The molecule has 1 fully saturated rings. The van der Waals surface area contributed by atoms with Gasteiger partial charge in [-0.15, -0.1) is 0 Å². The number of imide groups is 1. The van der Waals surface area contributed by atoms with Crippen LogP contribution < -0.4 is 0 Å². The molecule has 2 heterocycles. The van der Waals surface area contributed by atoms with Crippen LogP contribution in [-0.4, -0.2) is 16.0 Å². The number of rotatable bonds is 4. The zero-order valence-corrected chi connectivity index (χ0v) is 18.5. The zero-order valence-electron chi connectivity index (χ0n) is 15.3. The van der Waals surface area contributed by atoms with Crippen LogP contribution in [0, 0.1) is 6.92 Å². The number of carbonyl (C=O) groups is 2. The molecule has 1 saturated heterocycles. The SMILES string of the molecule is Cc1ccc(-c2ccc(/C=C3\SC(=O)N(Cc4cccc(Cl)c4)C3=O)o2)c(Br)c1. The maximum Gasteiger partial charge on any atom is 0.293 e. The van der Waals surface area contributed by atoms with E-state index < -0.39 is 0 Å². The second kappa shape index (κ2) is 8.22. The molecular formula is C22H15BrClNO3S. The summed E-state index contributed by atoms with van der Waals surface area (Å²) in [5, 5.41) is 0.254. The maximum atomic E-state index is 12.7. The number of benzene rings is 2. The van der Waals surface area contributed by atoms with Crippen LogP contribution in [0.1, 0.15) is 16.9 Å². The number of hydrogen-bond donors (Lipinski definition) is 0. The molecule has 0 atom stereocenters. The van der Waals surface area contributed by atoms with Gasteiger partial charge in [0, 0.05) is 21.1 Å². The van der Waals surface area contributed by atoms with E-state index >= 15 is 0 Å². The van der Waals surface area contributed by atoms with Gasteiger partial charge in [0.1, 0.15) is 11.5 Å². The van der Waals surface area contributed by atoms with Crippen molar-refractivity contribution in [3.63, 3.8) is 0 Å². The van der Waals surface area contributed by atoms with Crippen molar-refractivity contribution in [1.82, 2.24) is 4.90 Å². The molecule has 2 amide bonds. The predicted molar refractivity (Wildman–Crippen MR) is 120 cm³/mol. The van der Waals surface area contributed by atoms with Crippen LogP contribution in [0.4, 0.5) is 4.79 Å². The van der Waals surface area contributed by atoms with E-state index in [4.69, 9.17) is 16.0 Å². The van der Waals surface area contributed by atoms with E-state index in [2.05, 4.69) is 15.9 Å². The highest BCUT2D eigenvalue weighted by Gasteiger charge is 2.35. The Hall–Kier alpha value is -2.28. The first-order valence-electron chi connectivity index (χ1n) is 8.77. The van der Waals surface area contributed by atoms with E-state index in [9.17, 15) is 9.59 Å². The van der Waals surface area contributed by atoms with Gasteiger partial charge in [0.05, 0.1) is 11.4 Å². The van der Waals surface area contributed by atoms with E-state index in [-0.39, 0.29) is 17.7 Å². The molecule has 0 radical (unpaired) electrons. The van der Waals surface area contributed by atoms with Gasteiger partial charge < -0.3 is 4.42 Å². The third kappa shape index (κ3) is 4.34. The Labute approximate surface area is 185 Å². The molecule has 0 unspecified atom stereocenters. The van der Waals surface area contributed by atoms with Crippen LogP contribution in [0.25, 0.3) is 17.4 Å². The quantitative estimate of drug-likeness (QED) is 0.375. The van der Waals surface area contributed by atoms with E-state index in [0.29, 0.717) is 21.4 Å². The van der Waals surface area contributed by atoms with Gasteiger partial charge in [-0.25, -0.2) is 0 Å². The Morgan fingerprint density at radius 1 is 1.14 bits per heavy atom. The van der Waals surface area contributed by atoms with Crippen molar-refractivity contribution in [1.29, 1.82) is 0 Å².